The van der Waals surface area contributed by atoms with Gasteiger partial charge in [0.15, 0.2) is 6.61 Å². The van der Waals surface area contributed by atoms with Crippen molar-refractivity contribution in [3.63, 3.8) is 0 Å². The quantitative estimate of drug-likeness (QED) is 0.676. The molecule has 0 unspecified atom stereocenters. The summed E-state index contributed by atoms with van der Waals surface area (Å²) < 4.78 is 11.2. The van der Waals surface area contributed by atoms with Crippen LogP contribution >= 0.6 is 0 Å². The second-order valence-corrected chi connectivity index (χ2v) is 6.64. The summed E-state index contributed by atoms with van der Waals surface area (Å²) in [6.07, 6.45) is 3.92. The molecule has 1 N–H and O–H groups in total. The molecule has 1 aliphatic heterocycles. The maximum atomic E-state index is 5.63. The van der Waals surface area contributed by atoms with Crippen molar-refractivity contribution in [2.75, 3.05) is 23.3 Å². The van der Waals surface area contributed by atoms with Gasteiger partial charge in [-0.25, -0.2) is 0 Å². The fraction of sp³-hybridized carbons (Fsp3) is 0.333. The highest BCUT2D eigenvalue weighted by atomic mass is 16.5. The number of nitrogens with zero attached hydrogens (tertiary/aromatic N) is 3. The molecule has 2 heterocycles. The Hall–Kier alpha value is -3.02. The fourth-order valence-electron chi connectivity index (χ4n) is 3.20. The SMILES string of the molecule is c1ccc(OCc2nnc(CNc3ccc(N4CCCCC4)cc3)o2)cc1. The molecular formula is C21H24N4O2. The molecule has 27 heavy (non-hydrogen) atoms. The first-order valence-corrected chi connectivity index (χ1v) is 9.45. The van der Waals surface area contributed by atoms with Crippen molar-refractivity contribution in [2.45, 2.75) is 32.4 Å². The highest BCUT2D eigenvalue weighted by Gasteiger charge is 2.11. The largest absolute Gasteiger partial charge is 0.484 e. The Morgan fingerprint density at radius 3 is 2.41 bits per heavy atom. The van der Waals surface area contributed by atoms with E-state index in [0.29, 0.717) is 18.3 Å². The van der Waals surface area contributed by atoms with Crippen LogP contribution in [0.25, 0.3) is 0 Å². The number of aromatic nitrogens is 2. The van der Waals surface area contributed by atoms with E-state index < -0.39 is 0 Å². The minimum Gasteiger partial charge on any atom is -0.484 e. The topological polar surface area (TPSA) is 63.4 Å². The molecular weight excluding hydrogens is 340 g/mol. The van der Waals surface area contributed by atoms with Gasteiger partial charge < -0.3 is 19.4 Å². The molecule has 6 nitrogen and oxygen atoms in total. The zero-order chi connectivity index (χ0) is 18.3. The van der Waals surface area contributed by atoms with Gasteiger partial charge in [0.05, 0.1) is 6.54 Å². The summed E-state index contributed by atoms with van der Waals surface area (Å²) in [5.74, 6) is 1.79. The number of hydrogen-bond acceptors (Lipinski definition) is 6. The van der Waals surface area contributed by atoms with Crippen LogP contribution in [0.3, 0.4) is 0 Å². The van der Waals surface area contributed by atoms with Gasteiger partial charge in [-0.15, -0.1) is 10.2 Å². The van der Waals surface area contributed by atoms with E-state index in [9.17, 15) is 0 Å². The summed E-state index contributed by atoms with van der Waals surface area (Å²) in [6, 6.07) is 18.1. The number of hydrogen-bond donors (Lipinski definition) is 1. The second kappa shape index (κ2) is 8.58. The van der Waals surface area contributed by atoms with Crippen LogP contribution in [-0.2, 0) is 13.2 Å². The van der Waals surface area contributed by atoms with E-state index in [1.54, 1.807) is 0 Å². The molecule has 2 aromatic carbocycles. The van der Waals surface area contributed by atoms with Gasteiger partial charge in [-0.2, -0.15) is 0 Å². The number of ether oxygens (including phenoxy) is 1. The molecule has 0 bridgehead atoms. The van der Waals surface area contributed by atoms with E-state index in [2.05, 4.69) is 44.7 Å². The molecule has 3 aromatic rings. The van der Waals surface area contributed by atoms with E-state index in [4.69, 9.17) is 9.15 Å². The molecule has 4 rings (SSSR count). The van der Waals surface area contributed by atoms with Gasteiger partial charge in [-0.3, -0.25) is 0 Å². The molecule has 1 fully saturated rings. The van der Waals surface area contributed by atoms with Crippen LogP contribution in [0.15, 0.2) is 59.0 Å². The Kier molecular flexibility index (Phi) is 5.53. The molecule has 0 atom stereocenters. The maximum absolute atomic E-state index is 5.63. The van der Waals surface area contributed by atoms with Gasteiger partial charge in [0.2, 0.25) is 5.89 Å². The molecule has 0 aliphatic carbocycles. The number of benzene rings is 2. The van der Waals surface area contributed by atoms with Crippen LogP contribution in [0.2, 0.25) is 0 Å². The molecule has 6 heteroatoms. The Morgan fingerprint density at radius 1 is 0.889 bits per heavy atom. The second-order valence-electron chi connectivity index (χ2n) is 6.64. The van der Waals surface area contributed by atoms with E-state index in [1.165, 1.54) is 24.9 Å². The summed E-state index contributed by atoms with van der Waals surface area (Å²) in [5.41, 5.74) is 2.33. The first kappa shape index (κ1) is 17.4. The Labute approximate surface area is 159 Å². The Bertz CT molecular complexity index is 827. The van der Waals surface area contributed by atoms with Crippen LogP contribution in [0.4, 0.5) is 11.4 Å². The maximum Gasteiger partial charge on any atom is 0.253 e. The average Bonchev–Trinajstić information content (AvgIpc) is 3.20. The van der Waals surface area contributed by atoms with Crippen LogP contribution in [0.1, 0.15) is 31.0 Å². The van der Waals surface area contributed by atoms with Gasteiger partial charge in [0, 0.05) is 24.5 Å². The lowest BCUT2D eigenvalue weighted by Gasteiger charge is -2.28. The average molecular weight is 364 g/mol. The van der Waals surface area contributed by atoms with Gasteiger partial charge in [0.25, 0.3) is 5.89 Å². The summed E-state index contributed by atoms with van der Waals surface area (Å²) in [5, 5.41) is 11.4. The summed E-state index contributed by atoms with van der Waals surface area (Å²) in [6.45, 7) is 3.06. The van der Waals surface area contributed by atoms with E-state index in [0.717, 1.165) is 24.5 Å². The first-order valence-electron chi connectivity index (χ1n) is 9.45. The van der Waals surface area contributed by atoms with E-state index in [1.807, 2.05) is 30.3 Å². The Balaban J connectivity index is 1.27. The summed E-state index contributed by atoms with van der Waals surface area (Å²) in [7, 11) is 0. The van der Waals surface area contributed by atoms with Gasteiger partial charge in [-0.05, 0) is 55.7 Å². The lowest BCUT2D eigenvalue weighted by atomic mass is 10.1. The van der Waals surface area contributed by atoms with Crippen molar-refractivity contribution >= 4 is 11.4 Å². The first-order chi connectivity index (χ1) is 13.4. The van der Waals surface area contributed by atoms with Crippen LogP contribution in [0.5, 0.6) is 5.75 Å². The minimum atomic E-state index is 0.265. The third kappa shape index (κ3) is 4.78. The number of rotatable bonds is 7. The highest BCUT2D eigenvalue weighted by molar-refractivity contribution is 5.55. The molecule has 1 aromatic heterocycles. The molecule has 1 aliphatic rings. The molecule has 1 saturated heterocycles. The normalized spacial score (nSPS) is 14.1. The van der Waals surface area contributed by atoms with E-state index >= 15 is 0 Å². The van der Waals surface area contributed by atoms with Crippen molar-refractivity contribution in [1.29, 1.82) is 0 Å². The van der Waals surface area contributed by atoms with Crippen molar-refractivity contribution < 1.29 is 9.15 Å². The number of piperidine rings is 1. The zero-order valence-electron chi connectivity index (χ0n) is 15.3. The predicted molar refractivity (Wildman–Crippen MR) is 105 cm³/mol. The van der Waals surface area contributed by atoms with Crippen molar-refractivity contribution in [3.8, 4) is 5.75 Å². The third-order valence-electron chi connectivity index (χ3n) is 4.65. The van der Waals surface area contributed by atoms with Gasteiger partial charge in [0.1, 0.15) is 5.75 Å². The monoisotopic (exact) mass is 364 g/mol. The molecule has 0 saturated carbocycles. The van der Waals surface area contributed by atoms with Crippen LogP contribution in [-0.4, -0.2) is 23.3 Å². The predicted octanol–water partition coefficient (Wildman–Crippen LogP) is 4.25. The lowest BCUT2D eigenvalue weighted by molar-refractivity contribution is 0.259. The molecule has 0 radical (unpaired) electrons. The fourth-order valence-corrected chi connectivity index (χ4v) is 3.20. The van der Waals surface area contributed by atoms with Crippen LogP contribution in [0, 0.1) is 0 Å². The zero-order valence-corrected chi connectivity index (χ0v) is 15.3. The van der Waals surface area contributed by atoms with E-state index in [-0.39, 0.29) is 6.61 Å². The molecule has 0 amide bonds. The number of para-hydroxylation sites is 1. The lowest BCUT2D eigenvalue weighted by Crippen LogP contribution is -2.29. The summed E-state index contributed by atoms with van der Waals surface area (Å²) in [4.78, 5) is 2.45. The van der Waals surface area contributed by atoms with Crippen molar-refractivity contribution in [2.24, 2.45) is 0 Å². The molecule has 0 spiro atoms. The molecule has 140 valence electrons. The van der Waals surface area contributed by atoms with Gasteiger partial charge in [-0.1, -0.05) is 18.2 Å². The highest BCUT2D eigenvalue weighted by Crippen LogP contribution is 2.22. The van der Waals surface area contributed by atoms with Crippen LogP contribution < -0.4 is 15.0 Å². The number of anilines is 2. The standard InChI is InChI=1S/C21H24N4O2/c1-3-7-19(8-4-1)26-16-21-24-23-20(27-21)15-22-17-9-11-18(12-10-17)25-13-5-2-6-14-25/h1,3-4,7-12,22H,2,5-6,13-16H2. The van der Waals surface area contributed by atoms with Gasteiger partial charge >= 0.3 is 0 Å². The Morgan fingerprint density at radius 2 is 1.63 bits per heavy atom. The van der Waals surface area contributed by atoms with Crippen molar-refractivity contribution in [1.82, 2.24) is 10.2 Å². The summed E-state index contributed by atoms with van der Waals surface area (Å²) >= 11 is 0. The smallest absolute Gasteiger partial charge is 0.253 e. The minimum absolute atomic E-state index is 0.265. The third-order valence-corrected chi connectivity index (χ3v) is 4.65. The van der Waals surface area contributed by atoms with Crippen molar-refractivity contribution in [3.05, 3.63) is 66.4 Å². The number of nitrogens with one attached hydrogen (secondary N) is 1.